The molecular formula is C15H18NNaO7. The molecule has 1 aliphatic rings. The molecule has 0 spiro atoms. The van der Waals surface area contributed by atoms with Gasteiger partial charge in [0.15, 0.2) is 0 Å². The van der Waals surface area contributed by atoms with Gasteiger partial charge in [-0.05, 0) is 18.4 Å². The molecule has 1 aromatic rings. The van der Waals surface area contributed by atoms with E-state index in [0.29, 0.717) is 25.9 Å². The second kappa shape index (κ2) is 11.7. The molecule has 0 aliphatic carbocycles. The number of nitrogens with zero attached hydrogens (tertiary/aromatic N) is 1. The molecule has 1 amide bonds. The Bertz CT molecular complexity index is 526. The zero-order valence-electron chi connectivity index (χ0n) is 13.4. The Morgan fingerprint density at radius 1 is 1.12 bits per heavy atom. The van der Waals surface area contributed by atoms with Crippen LogP contribution in [0.5, 0.6) is 0 Å². The number of rotatable bonds is 3. The number of amides is 1. The number of likely N-dealkylation sites (tertiary alicyclic amines) is 1. The summed E-state index contributed by atoms with van der Waals surface area (Å²) in [6, 6.07) is 9.47. The number of carboxylic acid groups (broad SMARTS) is 3. The topological polar surface area (TPSA) is 127 Å². The summed E-state index contributed by atoms with van der Waals surface area (Å²) in [6.45, 7) is 1.15. The van der Waals surface area contributed by atoms with Gasteiger partial charge in [0.1, 0.15) is 6.61 Å². The van der Waals surface area contributed by atoms with Crippen LogP contribution in [0.4, 0.5) is 9.59 Å². The van der Waals surface area contributed by atoms with Crippen LogP contribution >= 0.6 is 0 Å². The number of carbonyl (C=O) groups excluding carboxylic acids is 1. The van der Waals surface area contributed by atoms with Crippen molar-refractivity contribution in [2.24, 2.45) is 5.92 Å². The minimum absolute atomic E-state index is 0. The largest absolute Gasteiger partial charge is 1.00 e. The number of carboxylic acids is 1. The van der Waals surface area contributed by atoms with Gasteiger partial charge in [-0.2, -0.15) is 0 Å². The van der Waals surface area contributed by atoms with Gasteiger partial charge in [-0.3, -0.25) is 4.79 Å². The van der Waals surface area contributed by atoms with Crippen LogP contribution in [-0.2, 0) is 16.1 Å². The van der Waals surface area contributed by atoms with Crippen LogP contribution in [-0.4, -0.2) is 46.4 Å². The molecule has 1 fully saturated rings. The first-order valence-electron chi connectivity index (χ1n) is 6.98. The third-order valence-corrected chi connectivity index (χ3v) is 3.31. The molecule has 126 valence electrons. The van der Waals surface area contributed by atoms with Crippen molar-refractivity contribution in [3.8, 4) is 0 Å². The van der Waals surface area contributed by atoms with Gasteiger partial charge >= 0.3 is 41.6 Å². The number of hydrogen-bond donors (Lipinski definition) is 2. The molecule has 0 atom stereocenters. The van der Waals surface area contributed by atoms with Gasteiger partial charge in [-0.25, -0.2) is 4.79 Å². The Morgan fingerprint density at radius 3 is 2.08 bits per heavy atom. The molecule has 1 aromatic carbocycles. The first kappa shape index (κ1) is 22.2. The van der Waals surface area contributed by atoms with Crippen molar-refractivity contribution >= 4 is 18.2 Å². The molecule has 24 heavy (non-hydrogen) atoms. The molecule has 1 aliphatic heterocycles. The van der Waals surface area contributed by atoms with Crippen molar-refractivity contribution in [1.82, 2.24) is 4.90 Å². The zero-order valence-corrected chi connectivity index (χ0v) is 15.4. The number of benzene rings is 1. The van der Waals surface area contributed by atoms with E-state index in [1.54, 1.807) is 4.90 Å². The molecule has 0 aromatic heterocycles. The van der Waals surface area contributed by atoms with Crippen molar-refractivity contribution < 1.29 is 64.0 Å². The summed E-state index contributed by atoms with van der Waals surface area (Å²) >= 11 is 0. The molecule has 8 nitrogen and oxygen atoms in total. The summed E-state index contributed by atoms with van der Waals surface area (Å²) in [5, 5.41) is 24.2. The van der Waals surface area contributed by atoms with Gasteiger partial charge in [0.05, 0.1) is 5.92 Å². The van der Waals surface area contributed by atoms with E-state index < -0.39 is 12.1 Å². The number of ether oxygens (including phenoxy) is 1. The first-order valence-corrected chi connectivity index (χ1v) is 6.98. The summed E-state index contributed by atoms with van der Waals surface area (Å²) in [6.07, 6.45) is -1.46. The number of piperidine rings is 1. The van der Waals surface area contributed by atoms with Crippen LogP contribution in [0, 0.1) is 5.92 Å². The minimum atomic E-state index is -2.08. The van der Waals surface area contributed by atoms with Crippen LogP contribution in [0.3, 0.4) is 0 Å². The molecule has 1 heterocycles. The van der Waals surface area contributed by atoms with Crippen molar-refractivity contribution in [3.05, 3.63) is 35.9 Å². The average molecular weight is 347 g/mol. The second-order valence-corrected chi connectivity index (χ2v) is 4.91. The van der Waals surface area contributed by atoms with Crippen molar-refractivity contribution in [2.75, 3.05) is 13.1 Å². The normalized spacial score (nSPS) is 13.8. The second-order valence-electron chi connectivity index (χ2n) is 4.91. The van der Waals surface area contributed by atoms with E-state index in [-0.39, 0.29) is 48.2 Å². The smallest absolute Gasteiger partial charge is 0.565 e. The summed E-state index contributed by atoms with van der Waals surface area (Å²) in [7, 11) is 0. The van der Waals surface area contributed by atoms with E-state index in [0.717, 1.165) is 5.56 Å². The predicted molar refractivity (Wildman–Crippen MR) is 76.6 cm³/mol. The predicted octanol–water partition coefficient (Wildman–Crippen LogP) is -1.99. The van der Waals surface area contributed by atoms with Crippen LogP contribution < -0.4 is 34.7 Å². The summed E-state index contributed by atoms with van der Waals surface area (Å²) in [5.74, 6) is -1.12. The molecule has 0 saturated carbocycles. The van der Waals surface area contributed by atoms with E-state index in [1.165, 1.54) is 0 Å². The average Bonchev–Trinajstić information content (AvgIpc) is 2.53. The van der Waals surface area contributed by atoms with Crippen molar-refractivity contribution in [1.29, 1.82) is 0 Å². The number of aliphatic carboxylic acids is 1. The summed E-state index contributed by atoms with van der Waals surface area (Å²) in [5.41, 5.74) is 0.941. The molecule has 9 heteroatoms. The van der Waals surface area contributed by atoms with Crippen LogP contribution in [0.25, 0.3) is 0 Å². The fourth-order valence-corrected chi connectivity index (χ4v) is 2.12. The van der Waals surface area contributed by atoms with Gasteiger partial charge in [-0.1, -0.05) is 30.3 Å². The van der Waals surface area contributed by atoms with Gasteiger partial charge < -0.3 is 29.8 Å². The summed E-state index contributed by atoms with van der Waals surface area (Å²) < 4.78 is 5.20. The molecule has 2 rings (SSSR count). The van der Waals surface area contributed by atoms with Crippen LogP contribution in [0.15, 0.2) is 30.3 Å². The van der Waals surface area contributed by atoms with Crippen LogP contribution in [0.1, 0.15) is 18.4 Å². The Balaban J connectivity index is 0.000000954. The van der Waals surface area contributed by atoms with E-state index in [4.69, 9.17) is 24.9 Å². The first-order chi connectivity index (χ1) is 10.9. The molecule has 0 bridgehead atoms. The number of hydrogen-bond acceptors (Lipinski definition) is 5. The zero-order chi connectivity index (χ0) is 17.2. The molecule has 0 unspecified atom stereocenters. The van der Waals surface area contributed by atoms with Crippen LogP contribution in [0.2, 0.25) is 0 Å². The number of carbonyl (C=O) groups is 3. The van der Waals surface area contributed by atoms with Gasteiger partial charge in [0.25, 0.3) is 0 Å². The maximum atomic E-state index is 11.8. The standard InChI is InChI=1S/C14H17NO4.CH2O3.Na/c16-13(17)12-6-8-15(9-7-12)14(18)19-10-11-4-2-1-3-5-11;2-1(3)4;/h1-5,12H,6-10H2,(H,16,17);(H2,2,3,4);/q;;+1/p-1. The Labute approximate surface area is 161 Å². The minimum Gasteiger partial charge on any atom is -0.565 e. The monoisotopic (exact) mass is 347 g/mol. The third kappa shape index (κ3) is 8.76. The third-order valence-electron chi connectivity index (χ3n) is 3.31. The summed E-state index contributed by atoms with van der Waals surface area (Å²) in [4.78, 5) is 32.6. The van der Waals surface area contributed by atoms with Crippen molar-refractivity contribution in [3.63, 3.8) is 0 Å². The fraction of sp³-hybridized carbons (Fsp3) is 0.400. The van der Waals surface area contributed by atoms with E-state index in [9.17, 15) is 9.59 Å². The molecule has 2 N–H and O–H groups in total. The molecule has 1 saturated heterocycles. The van der Waals surface area contributed by atoms with Gasteiger partial charge in [0.2, 0.25) is 6.16 Å². The van der Waals surface area contributed by atoms with E-state index in [2.05, 4.69) is 0 Å². The Kier molecular flexibility index (Phi) is 10.9. The van der Waals surface area contributed by atoms with Gasteiger partial charge in [0, 0.05) is 13.1 Å². The Hall–Kier alpha value is -1.77. The SMILES string of the molecule is O=C(O)C1CCN(C(=O)OCc2ccccc2)CC1.O=C([O-])O.[Na+]. The quantitative estimate of drug-likeness (QED) is 0.606. The fourth-order valence-electron chi connectivity index (χ4n) is 2.12. The maximum absolute atomic E-state index is 11.8. The maximum Gasteiger partial charge on any atom is 1.00 e. The van der Waals surface area contributed by atoms with E-state index >= 15 is 0 Å². The van der Waals surface area contributed by atoms with Gasteiger partial charge in [-0.15, -0.1) is 0 Å². The molecular weight excluding hydrogens is 329 g/mol. The van der Waals surface area contributed by atoms with Crippen molar-refractivity contribution in [2.45, 2.75) is 19.4 Å². The molecule has 0 radical (unpaired) electrons. The van der Waals surface area contributed by atoms with E-state index in [1.807, 2.05) is 30.3 Å². The Morgan fingerprint density at radius 2 is 1.62 bits per heavy atom.